The molecule has 0 spiro atoms. The Hall–Kier alpha value is -0.680. The van der Waals surface area contributed by atoms with Crippen LogP contribution in [0.3, 0.4) is 0 Å². The fourth-order valence-corrected chi connectivity index (χ4v) is 2.22. The largest absolute Gasteiger partial charge is 0.395 e. The molecule has 1 aromatic rings. The summed E-state index contributed by atoms with van der Waals surface area (Å²) in [6, 6.07) is 0. The van der Waals surface area contributed by atoms with E-state index < -0.39 is 0 Å². The highest BCUT2D eigenvalue weighted by molar-refractivity contribution is 8.00. The van der Waals surface area contributed by atoms with Gasteiger partial charge >= 0.3 is 0 Å². The highest BCUT2D eigenvalue weighted by Crippen LogP contribution is 2.33. The van der Waals surface area contributed by atoms with Crippen LogP contribution < -0.4 is 5.73 Å². The standard InChI is InChI=1S/C10H19N3OS/c1-6(2)9-8(11)10(13(4)12-9)15-7(3)5-14/h6-7,14H,5,11H2,1-4H3. The highest BCUT2D eigenvalue weighted by Gasteiger charge is 2.17. The predicted molar refractivity (Wildman–Crippen MR) is 64.1 cm³/mol. The Labute approximate surface area is 94.9 Å². The van der Waals surface area contributed by atoms with Crippen molar-refractivity contribution in [3.8, 4) is 0 Å². The Morgan fingerprint density at radius 3 is 2.47 bits per heavy atom. The molecule has 0 aliphatic heterocycles. The van der Waals surface area contributed by atoms with E-state index in [2.05, 4.69) is 18.9 Å². The van der Waals surface area contributed by atoms with E-state index in [1.165, 1.54) is 0 Å². The van der Waals surface area contributed by atoms with Gasteiger partial charge < -0.3 is 10.8 Å². The quantitative estimate of drug-likeness (QED) is 0.770. The summed E-state index contributed by atoms with van der Waals surface area (Å²) < 4.78 is 1.79. The molecule has 0 aromatic carbocycles. The first-order chi connectivity index (χ1) is 6.97. The smallest absolute Gasteiger partial charge is 0.117 e. The molecule has 0 saturated heterocycles. The normalized spacial score (nSPS) is 13.5. The molecular weight excluding hydrogens is 210 g/mol. The minimum Gasteiger partial charge on any atom is -0.395 e. The van der Waals surface area contributed by atoms with E-state index in [0.717, 1.165) is 16.4 Å². The molecule has 15 heavy (non-hydrogen) atoms. The van der Waals surface area contributed by atoms with E-state index in [4.69, 9.17) is 10.8 Å². The molecule has 3 N–H and O–H groups in total. The van der Waals surface area contributed by atoms with Gasteiger partial charge in [-0.15, -0.1) is 0 Å². The molecule has 1 atom stereocenters. The van der Waals surface area contributed by atoms with Crippen molar-refractivity contribution >= 4 is 17.4 Å². The molecule has 0 amide bonds. The number of anilines is 1. The van der Waals surface area contributed by atoms with Crippen LogP contribution in [0, 0.1) is 0 Å². The van der Waals surface area contributed by atoms with Gasteiger partial charge in [-0.1, -0.05) is 32.5 Å². The van der Waals surface area contributed by atoms with Crippen molar-refractivity contribution in [3.63, 3.8) is 0 Å². The number of nitrogens with two attached hydrogens (primary N) is 1. The predicted octanol–water partition coefficient (Wildman–Crippen LogP) is 1.60. The first kappa shape index (κ1) is 12.4. The van der Waals surface area contributed by atoms with Crippen LogP contribution in [0.5, 0.6) is 0 Å². The zero-order valence-corrected chi connectivity index (χ0v) is 10.5. The molecule has 4 nitrogen and oxygen atoms in total. The summed E-state index contributed by atoms with van der Waals surface area (Å²) in [7, 11) is 1.88. The number of rotatable bonds is 4. The number of aliphatic hydroxyl groups is 1. The molecule has 5 heteroatoms. The lowest BCUT2D eigenvalue weighted by Crippen LogP contribution is -2.05. The van der Waals surface area contributed by atoms with E-state index in [9.17, 15) is 0 Å². The molecule has 86 valence electrons. The third kappa shape index (κ3) is 2.66. The lowest BCUT2D eigenvalue weighted by atomic mass is 10.1. The first-order valence-electron chi connectivity index (χ1n) is 5.07. The van der Waals surface area contributed by atoms with Gasteiger partial charge in [0.15, 0.2) is 0 Å². The average molecular weight is 229 g/mol. The van der Waals surface area contributed by atoms with Gasteiger partial charge in [-0.05, 0) is 5.92 Å². The van der Waals surface area contributed by atoms with Crippen LogP contribution in [-0.4, -0.2) is 26.7 Å². The Morgan fingerprint density at radius 2 is 2.07 bits per heavy atom. The summed E-state index contributed by atoms with van der Waals surface area (Å²) in [4.78, 5) is 0. The zero-order chi connectivity index (χ0) is 11.6. The van der Waals surface area contributed by atoms with Gasteiger partial charge in [0, 0.05) is 12.3 Å². The second-order valence-electron chi connectivity index (χ2n) is 3.99. The van der Waals surface area contributed by atoms with E-state index >= 15 is 0 Å². The molecule has 1 aromatic heterocycles. The number of aryl methyl sites for hydroxylation is 1. The van der Waals surface area contributed by atoms with Gasteiger partial charge in [0.25, 0.3) is 0 Å². The first-order valence-corrected chi connectivity index (χ1v) is 5.95. The summed E-state index contributed by atoms with van der Waals surface area (Å²) in [5.74, 6) is 0.329. The van der Waals surface area contributed by atoms with Crippen LogP contribution in [0.2, 0.25) is 0 Å². The lowest BCUT2D eigenvalue weighted by Gasteiger charge is -2.08. The van der Waals surface area contributed by atoms with Crippen LogP contribution in [0.15, 0.2) is 5.03 Å². The number of hydrogen-bond donors (Lipinski definition) is 2. The molecule has 0 radical (unpaired) electrons. The summed E-state index contributed by atoms with van der Waals surface area (Å²) in [6.07, 6.45) is 0. The molecule has 0 fully saturated rings. The minimum atomic E-state index is 0.141. The van der Waals surface area contributed by atoms with Crippen molar-refractivity contribution in [2.24, 2.45) is 7.05 Å². The summed E-state index contributed by atoms with van der Waals surface area (Å²) in [6.45, 7) is 6.25. The molecule has 0 aliphatic rings. The molecule has 0 saturated carbocycles. The van der Waals surface area contributed by atoms with Crippen LogP contribution in [-0.2, 0) is 7.05 Å². The average Bonchev–Trinajstić information content (AvgIpc) is 2.45. The van der Waals surface area contributed by atoms with Crippen LogP contribution in [0.1, 0.15) is 32.4 Å². The number of aliphatic hydroxyl groups excluding tert-OH is 1. The van der Waals surface area contributed by atoms with Gasteiger partial charge in [-0.3, -0.25) is 4.68 Å². The van der Waals surface area contributed by atoms with Gasteiger partial charge in [0.2, 0.25) is 0 Å². The van der Waals surface area contributed by atoms with Crippen molar-refractivity contribution < 1.29 is 5.11 Å². The summed E-state index contributed by atoms with van der Waals surface area (Å²) in [5, 5.41) is 14.5. The van der Waals surface area contributed by atoms with E-state index in [0.29, 0.717) is 5.92 Å². The molecule has 1 heterocycles. The van der Waals surface area contributed by atoms with E-state index in [1.54, 1.807) is 16.4 Å². The van der Waals surface area contributed by atoms with Crippen LogP contribution in [0.25, 0.3) is 0 Å². The van der Waals surface area contributed by atoms with Crippen molar-refractivity contribution in [2.45, 2.75) is 37.0 Å². The second-order valence-corrected chi connectivity index (χ2v) is 5.42. The topological polar surface area (TPSA) is 64.1 Å². The third-order valence-corrected chi connectivity index (χ3v) is 3.43. The van der Waals surface area contributed by atoms with Gasteiger partial charge in [-0.2, -0.15) is 5.10 Å². The van der Waals surface area contributed by atoms with Crippen molar-refractivity contribution in [1.29, 1.82) is 0 Å². The minimum absolute atomic E-state index is 0.141. The Bertz CT molecular complexity index is 336. The van der Waals surface area contributed by atoms with Gasteiger partial charge in [0.1, 0.15) is 5.03 Å². The zero-order valence-electron chi connectivity index (χ0n) is 9.69. The van der Waals surface area contributed by atoms with E-state index in [-0.39, 0.29) is 11.9 Å². The summed E-state index contributed by atoms with van der Waals surface area (Å²) >= 11 is 1.56. The maximum atomic E-state index is 9.00. The van der Waals surface area contributed by atoms with Crippen molar-refractivity contribution in [2.75, 3.05) is 12.3 Å². The van der Waals surface area contributed by atoms with Crippen molar-refractivity contribution in [3.05, 3.63) is 5.69 Å². The SMILES string of the molecule is CC(CO)Sc1c(N)c(C(C)C)nn1C. The Balaban J connectivity index is 2.97. The maximum Gasteiger partial charge on any atom is 0.117 e. The summed E-state index contributed by atoms with van der Waals surface area (Å²) in [5.41, 5.74) is 7.71. The fourth-order valence-electron chi connectivity index (χ4n) is 1.34. The molecule has 0 bridgehead atoms. The van der Waals surface area contributed by atoms with Crippen molar-refractivity contribution in [1.82, 2.24) is 9.78 Å². The number of nitrogens with zero attached hydrogens (tertiary/aromatic N) is 2. The van der Waals surface area contributed by atoms with Crippen LogP contribution in [0.4, 0.5) is 5.69 Å². The van der Waals surface area contributed by atoms with E-state index in [1.807, 2.05) is 14.0 Å². The monoisotopic (exact) mass is 229 g/mol. The van der Waals surface area contributed by atoms with Gasteiger partial charge in [0.05, 0.1) is 18.0 Å². The fraction of sp³-hybridized carbons (Fsp3) is 0.700. The lowest BCUT2D eigenvalue weighted by molar-refractivity contribution is 0.300. The molecule has 1 rings (SSSR count). The van der Waals surface area contributed by atoms with Crippen LogP contribution >= 0.6 is 11.8 Å². The number of hydrogen-bond acceptors (Lipinski definition) is 4. The highest BCUT2D eigenvalue weighted by atomic mass is 32.2. The molecular formula is C10H19N3OS. The molecule has 1 unspecified atom stereocenters. The third-order valence-electron chi connectivity index (χ3n) is 2.17. The van der Waals surface area contributed by atoms with Gasteiger partial charge in [-0.25, -0.2) is 0 Å². The second kappa shape index (κ2) is 4.90. The number of aromatic nitrogens is 2. The maximum absolute atomic E-state index is 9.00. The number of nitrogen functional groups attached to an aromatic ring is 1. The Morgan fingerprint density at radius 1 is 1.47 bits per heavy atom. The molecule has 0 aliphatic carbocycles. The Kier molecular flexibility index (Phi) is 4.04. The number of thioether (sulfide) groups is 1.